The number of nitrogens with two attached hydrogens (primary N) is 1. The maximum atomic E-state index is 12.1. The third kappa shape index (κ3) is 2.79. The van der Waals surface area contributed by atoms with Crippen LogP contribution in [0.4, 0.5) is 0 Å². The van der Waals surface area contributed by atoms with Gasteiger partial charge in [0.2, 0.25) is 0 Å². The number of benzene rings is 1. The molecule has 0 heterocycles. The van der Waals surface area contributed by atoms with Crippen LogP contribution in [0.5, 0.6) is 0 Å². The van der Waals surface area contributed by atoms with E-state index in [9.17, 15) is 4.79 Å². The minimum Gasteiger partial charge on any atom is -0.392 e. The van der Waals surface area contributed by atoms with Crippen LogP contribution < -0.4 is 5.73 Å². The lowest BCUT2D eigenvalue weighted by molar-refractivity contribution is 0.0813. The molecule has 0 aromatic heterocycles. The molecule has 0 aliphatic heterocycles. The Hall–Kier alpha value is -1.42. The SMILES string of the molecule is Cc1cccc(C)c1C(=O)N(C)CC(N)=S. The summed E-state index contributed by atoms with van der Waals surface area (Å²) in [6, 6.07) is 5.79. The van der Waals surface area contributed by atoms with Crippen molar-refractivity contribution in [3.63, 3.8) is 0 Å². The Bertz CT molecular complexity index is 409. The average molecular weight is 236 g/mol. The van der Waals surface area contributed by atoms with Gasteiger partial charge in [0.15, 0.2) is 0 Å². The highest BCUT2D eigenvalue weighted by Crippen LogP contribution is 2.15. The average Bonchev–Trinajstić information content (AvgIpc) is 2.16. The van der Waals surface area contributed by atoms with Crippen molar-refractivity contribution in [3.05, 3.63) is 34.9 Å². The molecular formula is C12H16N2OS. The number of hydrogen-bond donors (Lipinski definition) is 1. The zero-order chi connectivity index (χ0) is 12.3. The first-order chi connectivity index (χ1) is 7.43. The van der Waals surface area contributed by atoms with E-state index in [-0.39, 0.29) is 5.91 Å². The third-order valence-corrected chi connectivity index (χ3v) is 2.56. The lowest BCUT2D eigenvalue weighted by Gasteiger charge is -2.18. The first-order valence-corrected chi connectivity index (χ1v) is 5.44. The quantitative estimate of drug-likeness (QED) is 0.812. The molecule has 1 aromatic rings. The number of amides is 1. The van der Waals surface area contributed by atoms with Gasteiger partial charge in [-0.15, -0.1) is 0 Å². The van der Waals surface area contributed by atoms with E-state index in [0.717, 1.165) is 16.7 Å². The number of carbonyl (C=O) groups excluding carboxylic acids is 1. The molecule has 0 saturated heterocycles. The molecule has 86 valence electrons. The Labute approximate surface area is 101 Å². The predicted molar refractivity (Wildman–Crippen MR) is 69.7 cm³/mol. The summed E-state index contributed by atoms with van der Waals surface area (Å²) in [6.07, 6.45) is 0. The molecule has 1 rings (SSSR count). The normalized spacial score (nSPS) is 9.94. The lowest BCUT2D eigenvalue weighted by Crippen LogP contribution is -2.35. The second-order valence-corrected chi connectivity index (χ2v) is 4.42. The number of thiocarbonyl (C=S) groups is 1. The van der Waals surface area contributed by atoms with Crippen molar-refractivity contribution >= 4 is 23.1 Å². The second kappa shape index (κ2) is 5.07. The standard InChI is InChI=1S/C12H16N2OS/c1-8-5-4-6-9(2)11(8)12(15)14(3)7-10(13)16/h4-6H,7H2,1-3H3,(H2,13,16). The highest BCUT2D eigenvalue weighted by atomic mass is 32.1. The molecule has 0 fully saturated rings. The van der Waals surface area contributed by atoms with Crippen molar-refractivity contribution in [2.75, 3.05) is 13.6 Å². The highest BCUT2D eigenvalue weighted by Gasteiger charge is 2.16. The Morgan fingerprint density at radius 2 is 1.88 bits per heavy atom. The van der Waals surface area contributed by atoms with Crippen LogP contribution >= 0.6 is 12.2 Å². The van der Waals surface area contributed by atoms with Gasteiger partial charge >= 0.3 is 0 Å². The smallest absolute Gasteiger partial charge is 0.254 e. The zero-order valence-corrected chi connectivity index (χ0v) is 10.6. The largest absolute Gasteiger partial charge is 0.392 e. The molecule has 0 bridgehead atoms. The first kappa shape index (κ1) is 12.6. The van der Waals surface area contributed by atoms with Crippen LogP contribution in [-0.4, -0.2) is 29.4 Å². The van der Waals surface area contributed by atoms with Crippen molar-refractivity contribution in [3.8, 4) is 0 Å². The molecule has 0 aliphatic rings. The monoisotopic (exact) mass is 236 g/mol. The van der Waals surface area contributed by atoms with E-state index in [2.05, 4.69) is 0 Å². The molecule has 1 aromatic carbocycles. The van der Waals surface area contributed by atoms with E-state index in [1.165, 1.54) is 4.90 Å². The molecular weight excluding hydrogens is 220 g/mol. The first-order valence-electron chi connectivity index (χ1n) is 5.03. The Morgan fingerprint density at radius 3 is 2.31 bits per heavy atom. The van der Waals surface area contributed by atoms with Crippen LogP contribution in [0.25, 0.3) is 0 Å². The van der Waals surface area contributed by atoms with Crippen LogP contribution in [0.2, 0.25) is 0 Å². The second-order valence-electron chi connectivity index (χ2n) is 3.89. The van der Waals surface area contributed by atoms with Crippen molar-refractivity contribution in [2.45, 2.75) is 13.8 Å². The fourth-order valence-electron chi connectivity index (χ4n) is 1.65. The highest BCUT2D eigenvalue weighted by molar-refractivity contribution is 7.80. The Balaban J connectivity index is 3.00. The van der Waals surface area contributed by atoms with E-state index < -0.39 is 0 Å². The molecule has 0 aliphatic carbocycles. The van der Waals surface area contributed by atoms with Gasteiger partial charge < -0.3 is 10.6 Å². The maximum Gasteiger partial charge on any atom is 0.254 e. The summed E-state index contributed by atoms with van der Waals surface area (Å²) >= 11 is 4.79. The molecule has 0 atom stereocenters. The van der Waals surface area contributed by atoms with Crippen LogP contribution in [0.1, 0.15) is 21.5 Å². The van der Waals surface area contributed by atoms with Gasteiger partial charge in [0.25, 0.3) is 5.91 Å². The summed E-state index contributed by atoms with van der Waals surface area (Å²) in [5, 5.41) is 0. The molecule has 16 heavy (non-hydrogen) atoms. The van der Waals surface area contributed by atoms with Gasteiger partial charge in [-0.2, -0.15) is 0 Å². The number of likely N-dealkylation sites (N-methyl/N-ethyl adjacent to an activating group) is 1. The van der Waals surface area contributed by atoms with E-state index in [0.29, 0.717) is 11.5 Å². The molecule has 0 unspecified atom stereocenters. The lowest BCUT2D eigenvalue weighted by atomic mass is 10.0. The van der Waals surface area contributed by atoms with Gasteiger partial charge in [0, 0.05) is 12.6 Å². The predicted octanol–water partition coefficient (Wildman–Crippen LogP) is 1.66. The number of aryl methyl sites for hydroxylation is 2. The fraction of sp³-hybridized carbons (Fsp3) is 0.333. The number of rotatable bonds is 3. The molecule has 2 N–H and O–H groups in total. The van der Waals surface area contributed by atoms with Crippen molar-refractivity contribution in [1.29, 1.82) is 0 Å². The topological polar surface area (TPSA) is 46.3 Å². The summed E-state index contributed by atoms with van der Waals surface area (Å²) in [6.45, 7) is 4.16. The summed E-state index contributed by atoms with van der Waals surface area (Å²) in [7, 11) is 1.70. The van der Waals surface area contributed by atoms with E-state index in [1.54, 1.807) is 7.05 Å². The summed E-state index contributed by atoms with van der Waals surface area (Å²) in [5.41, 5.74) is 8.10. The molecule has 1 amide bonds. The van der Waals surface area contributed by atoms with Crippen LogP contribution in [0, 0.1) is 13.8 Å². The van der Waals surface area contributed by atoms with Crippen molar-refractivity contribution < 1.29 is 4.79 Å². The van der Waals surface area contributed by atoms with Gasteiger partial charge in [-0.25, -0.2) is 0 Å². The van der Waals surface area contributed by atoms with Gasteiger partial charge in [-0.05, 0) is 25.0 Å². The molecule has 0 saturated carbocycles. The maximum absolute atomic E-state index is 12.1. The van der Waals surface area contributed by atoms with Gasteiger partial charge in [-0.1, -0.05) is 30.4 Å². The molecule has 0 spiro atoms. The van der Waals surface area contributed by atoms with Crippen LogP contribution in [0.3, 0.4) is 0 Å². The van der Waals surface area contributed by atoms with Crippen LogP contribution in [-0.2, 0) is 0 Å². The fourth-order valence-corrected chi connectivity index (χ4v) is 1.84. The van der Waals surface area contributed by atoms with Crippen LogP contribution in [0.15, 0.2) is 18.2 Å². The van der Waals surface area contributed by atoms with E-state index in [4.69, 9.17) is 18.0 Å². The third-order valence-electron chi connectivity index (χ3n) is 2.43. The molecule has 0 radical (unpaired) electrons. The minimum absolute atomic E-state index is 0.0385. The molecule has 3 nitrogen and oxygen atoms in total. The number of hydrogen-bond acceptors (Lipinski definition) is 2. The van der Waals surface area contributed by atoms with E-state index >= 15 is 0 Å². The summed E-state index contributed by atoms with van der Waals surface area (Å²) in [5.74, 6) is -0.0385. The number of nitrogens with zero attached hydrogens (tertiary/aromatic N) is 1. The van der Waals surface area contributed by atoms with Gasteiger partial charge in [-0.3, -0.25) is 4.79 Å². The van der Waals surface area contributed by atoms with Gasteiger partial charge in [0.1, 0.15) is 0 Å². The zero-order valence-electron chi connectivity index (χ0n) is 9.78. The Kier molecular flexibility index (Phi) is 4.01. The van der Waals surface area contributed by atoms with Crippen molar-refractivity contribution in [1.82, 2.24) is 4.90 Å². The minimum atomic E-state index is -0.0385. The Morgan fingerprint density at radius 1 is 1.38 bits per heavy atom. The van der Waals surface area contributed by atoms with E-state index in [1.807, 2.05) is 32.0 Å². The van der Waals surface area contributed by atoms with Gasteiger partial charge in [0.05, 0.1) is 11.5 Å². The number of carbonyl (C=O) groups is 1. The summed E-state index contributed by atoms with van der Waals surface area (Å²) < 4.78 is 0. The van der Waals surface area contributed by atoms with Crippen molar-refractivity contribution in [2.24, 2.45) is 5.73 Å². The molecule has 4 heteroatoms. The summed E-state index contributed by atoms with van der Waals surface area (Å²) in [4.78, 5) is 14.0.